The summed E-state index contributed by atoms with van der Waals surface area (Å²) in [7, 11) is 0. The van der Waals surface area contributed by atoms with Gasteiger partial charge in [0.2, 0.25) is 5.16 Å². The number of benzene rings is 1. The Kier molecular flexibility index (Phi) is 5.76. The summed E-state index contributed by atoms with van der Waals surface area (Å²) in [5, 5.41) is 24.3. The number of aromatic amines is 1. The number of thioether (sulfide) groups is 1. The number of tetrazole rings is 1. The fraction of sp³-hybridized carbons (Fsp3) is 0.429. The summed E-state index contributed by atoms with van der Waals surface area (Å²) in [6.45, 7) is 3.89. The maximum absolute atomic E-state index is 11.5. The van der Waals surface area contributed by atoms with Crippen LogP contribution in [0.4, 0.5) is 0 Å². The van der Waals surface area contributed by atoms with Gasteiger partial charge in [-0.1, -0.05) is 25.1 Å². The lowest BCUT2D eigenvalue weighted by molar-refractivity contribution is 0.101. The number of phenols is 1. The van der Waals surface area contributed by atoms with Gasteiger partial charge in [-0.15, -0.1) is 5.10 Å². The molecule has 0 fully saturated rings. The normalized spacial score (nSPS) is 10.6. The predicted octanol–water partition coefficient (Wildman–Crippen LogP) is 2.23. The van der Waals surface area contributed by atoms with Crippen LogP contribution in [0.2, 0.25) is 0 Å². The molecule has 0 aliphatic carbocycles. The zero-order valence-corrected chi connectivity index (χ0v) is 13.3. The quantitative estimate of drug-likeness (QED) is 0.436. The molecular formula is C14H18N4O3S. The van der Waals surface area contributed by atoms with Gasteiger partial charge in [0.25, 0.3) is 0 Å². The molecule has 0 aliphatic heterocycles. The van der Waals surface area contributed by atoms with E-state index in [1.807, 2.05) is 6.92 Å². The average Bonchev–Trinajstić information content (AvgIpc) is 2.99. The average molecular weight is 322 g/mol. The van der Waals surface area contributed by atoms with Crippen molar-refractivity contribution in [2.75, 3.05) is 12.4 Å². The Balaban J connectivity index is 2.02. The number of phenolic OH excluding ortho intramolecular Hbond substituents is 1. The zero-order chi connectivity index (χ0) is 15.9. The first-order chi connectivity index (χ1) is 10.6. The van der Waals surface area contributed by atoms with Crippen LogP contribution in [0.25, 0.3) is 0 Å². The van der Waals surface area contributed by atoms with Crippen molar-refractivity contribution in [2.45, 2.75) is 31.8 Å². The number of hydrogen-bond donors (Lipinski definition) is 2. The minimum atomic E-state index is -0.158. The van der Waals surface area contributed by atoms with Crippen molar-refractivity contribution in [1.82, 2.24) is 20.6 Å². The molecule has 0 unspecified atom stereocenters. The van der Waals surface area contributed by atoms with E-state index in [2.05, 4.69) is 20.6 Å². The topological polar surface area (TPSA) is 101 Å². The third-order valence-electron chi connectivity index (χ3n) is 3.02. The van der Waals surface area contributed by atoms with Crippen molar-refractivity contribution in [1.29, 1.82) is 0 Å². The van der Waals surface area contributed by atoms with E-state index in [0.29, 0.717) is 40.8 Å². The molecule has 2 aromatic rings. The minimum Gasteiger partial charge on any atom is -0.507 e. The van der Waals surface area contributed by atoms with Crippen LogP contribution in [0, 0.1) is 0 Å². The fourth-order valence-electron chi connectivity index (χ4n) is 2.03. The molecule has 0 bridgehead atoms. The smallest absolute Gasteiger partial charge is 0.206 e. The second-order valence-corrected chi connectivity index (χ2v) is 5.73. The van der Waals surface area contributed by atoms with Gasteiger partial charge in [-0.3, -0.25) is 4.79 Å². The molecule has 7 nitrogen and oxygen atoms in total. The van der Waals surface area contributed by atoms with E-state index in [9.17, 15) is 9.90 Å². The van der Waals surface area contributed by atoms with Gasteiger partial charge in [0.05, 0.1) is 12.2 Å². The molecule has 0 atom stereocenters. The SMILES string of the molecule is CCCc1c(OCCSc2nnn[nH]2)ccc(C(C)=O)c1O. The largest absolute Gasteiger partial charge is 0.507 e. The summed E-state index contributed by atoms with van der Waals surface area (Å²) >= 11 is 1.44. The number of nitrogens with zero attached hydrogens (tertiary/aromatic N) is 3. The van der Waals surface area contributed by atoms with Gasteiger partial charge >= 0.3 is 0 Å². The Morgan fingerprint density at radius 3 is 2.91 bits per heavy atom. The third-order valence-corrected chi connectivity index (χ3v) is 3.84. The lowest BCUT2D eigenvalue weighted by atomic mass is 10.0. The van der Waals surface area contributed by atoms with Crippen LogP contribution in [0.3, 0.4) is 0 Å². The Bertz CT molecular complexity index is 631. The fourth-order valence-corrected chi connectivity index (χ4v) is 2.59. The standard InChI is InChI=1S/C14H18N4O3S/c1-3-4-11-12(6-5-10(9(2)19)13(11)20)21-7-8-22-14-15-17-18-16-14/h5-6,20H,3-4,7-8H2,1-2H3,(H,15,16,17,18). The summed E-state index contributed by atoms with van der Waals surface area (Å²) in [6, 6.07) is 3.34. The summed E-state index contributed by atoms with van der Waals surface area (Å²) in [5.74, 6) is 1.15. The third kappa shape index (κ3) is 3.97. The second kappa shape index (κ2) is 7.79. The number of H-pyrrole nitrogens is 1. The van der Waals surface area contributed by atoms with Crippen LogP contribution in [0.5, 0.6) is 11.5 Å². The second-order valence-electron chi connectivity index (χ2n) is 4.65. The molecule has 1 aromatic heterocycles. The Hall–Kier alpha value is -2.09. The molecule has 8 heteroatoms. The van der Waals surface area contributed by atoms with E-state index in [1.54, 1.807) is 12.1 Å². The van der Waals surface area contributed by atoms with Crippen molar-refractivity contribution in [3.8, 4) is 11.5 Å². The zero-order valence-electron chi connectivity index (χ0n) is 12.5. The van der Waals surface area contributed by atoms with Gasteiger partial charge < -0.3 is 9.84 Å². The highest BCUT2D eigenvalue weighted by Crippen LogP contribution is 2.33. The molecule has 2 rings (SSSR count). The molecule has 1 aromatic carbocycles. The Labute approximate surface area is 132 Å². The number of rotatable bonds is 8. The van der Waals surface area contributed by atoms with E-state index in [0.717, 1.165) is 6.42 Å². The van der Waals surface area contributed by atoms with Crippen molar-refractivity contribution >= 4 is 17.5 Å². The number of nitrogens with one attached hydrogen (secondary N) is 1. The molecule has 0 saturated carbocycles. The number of Topliss-reactive ketones (excluding diaryl/α,β-unsaturated/α-hetero) is 1. The van der Waals surface area contributed by atoms with Crippen molar-refractivity contribution in [2.24, 2.45) is 0 Å². The summed E-state index contributed by atoms with van der Waals surface area (Å²) in [4.78, 5) is 11.5. The van der Waals surface area contributed by atoms with E-state index in [-0.39, 0.29) is 11.5 Å². The number of carbonyl (C=O) groups is 1. The van der Waals surface area contributed by atoms with Crippen LogP contribution < -0.4 is 4.74 Å². The van der Waals surface area contributed by atoms with Crippen molar-refractivity contribution in [3.05, 3.63) is 23.3 Å². The molecule has 0 aliphatic rings. The van der Waals surface area contributed by atoms with Crippen molar-refractivity contribution < 1.29 is 14.6 Å². The molecule has 0 saturated heterocycles. The molecular weight excluding hydrogens is 304 g/mol. The minimum absolute atomic E-state index is 0.0268. The molecule has 0 spiro atoms. The molecule has 0 amide bonds. The molecule has 22 heavy (non-hydrogen) atoms. The number of aromatic nitrogens is 4. The Morgan fingerprint density at radius 1 is 1.45 bits per heavy atom. The van der Waals surface area contributed by atoms with Crippen LogP contribution in [0.15, 0.2) is 17.3 Å². The highest BCUT2D eigenvalue weighted by atomic mass is 32.2. The maximum atomic E-state index is 11.5. The number of carbonyl (C=O) groups excluding carboxylic acids is 1. The monoisotopic (exact) mass is 322 g/mol. The number of aromatic hydroxyl groups is 1. The highest BCUT2D eigenvalue weighted by Gasteiger charge is 2.15. The summed E-state index contributed by atoms with van der Waals surface area (Å²) in [5.41, 5.74) is 1.01. The Morgan fingerprint density at radius 2 is 2.27 bits per heavy atom. The molecule has 2 N–H and O–H groups in total. The van der Waals surface area contributed by atoms with Gasteiger partial charge in [-0.25, -0.2) is 5.10 Å². The van der Waals surface area contributed by atoms with Gasteiger partial charge in [0.1, 0.15) is 11.5 Å². The number of hydrogen-bond acceptors (Lipinski definition) is 7. The van der Waals surface area contributed by atoms with E-state index in [4.69, 9.17) is 4.74 Å². The first kappa shape index (κ1) is 16.3. The van der Waals surface area contributed by atoms with Gasteiger partial charge in [0, 0.05) is 11.3 Å². The van der Waals surface area contributed by atoms with Crippen LogP contribution in [-0.2, 0) is 6.42 Å². The predicted molar refractivity (Wildman–Crippen MR) is 82.5 cm³/mol. The lowest BCUT2D eigenvalue weighted by Crippen LogP contribution is -2.05. The van der Waals surface area contributed by atoms with Crippen molar-refractivity contribution in [3.63, 3.8) is 0 Å². The van der Waals surface area contributed by atoms with E-state index in [1.165, 1.54) is 18.7 Å². The lowest BCUT2D eigenvalue weighted by Gasteiger charge is -2.14. The summed E-state index contributed by atoms with van der Waals surface area (Å²) < 4.78 is 5.73. The van der Waals surface area contributed by atoms with Crippen LogP contribution in [0.1, 0.15) is 36.2 Å². The first-order valence-corrected chi connectivity index (χ1v) is 7.97. The molecule has 118 valence electrons. The highest BCUT2D eigenvalue weighted by molar-refractivity contribution is 7.99. The number of ether oxygens (including phenoxy) is 1. The van der Waals surface area contributed by atoms with E-state index >= 15 is 0 Å². The molecule has 0 radical (unpaired) electrons. The van der Waals surface area contributed by atoms with Crippen LogP contribution >= 0.6 is 11.8 Å². The van der Waals surface area contributed by atoms with Gasteiger partial charge in [-0.2, -0.15) is 0 Å². The maximum Gasteiger partial charge on any atom is 0.206 e. The number of ketones is 1. The molecule has 1 heterocycles. The summed E-state index contributed by atoms with van der Waals surface area (Å²) in [6.07, 6.45) is 1.51. The van der Waals surface area contributed by atoms with Gasteiger partial charge in [-0.05, 0) is 35.9 Å². The van der Waals surface area contributed by atoms with Gasteiger partial charge in [0.15, 0.2) is 5.78 Å². The van der Waals surface area contributed by atoms with E-state index < -0.39 is 0 Å². The van der Waals surface area contributed by atoms with Crippen LogP contribution in [-0.4, -0.2) is 43.9 Å². The first-order valence-electron chi connectivity index (χ1n) is 6.98.